The fourth-order valence-electron chi connectivity index (χ4n) is 9.07. The molecular formula is C41H49N3O7. The highest BCUT2D eigenvalue weighted by atomic mass is 16.6. The second kappa shape index (κ2) is 14.8. The predicted octanol–water partition coefficient (Wildman–Crippen LogP) is 4.38. The molecule has 2 saturated heterocycles. The number of hydrogen-bond acceptors (Lipinski definition) is 7. The average Bonchev–Trinajstić information content (AvgIpc) is 3.81. The third-order valence-corrected chi connectivity index (χ3v) is 11.8. The van der Waals surface area contributed by atoms with Crippen molar-refractivity contribution in [3.8, 4) is 0 Å². The number of likely N-dealkylation sites (N-methyl/N-ethyl adjacent to an activating group) is 1. The molecule has 270 valence electrons. The van der Waals surface area contributed by atoms with Gasteiger partial charge in [-0.1, -0.05) is 104 Å². The number of esters is 1. The van der Waals surface area contributed by atoms with Gasteiger partial charge in [0.1, 0.15) is 23.7 Å². The van der Waals surface area contributed by atoms with E-state index in [-0.39, 0.29) is 30.9 Å². The van der Waals surface area contributed by atoms with Crippen molar-refractivity contribution in [2.45, 2.75) is 100 Å². The van der Waals surface area contributed by atoms with Crippen molar-refractivity contribution in [1.82, 2.24) is 14.7 Å². The number of carbonyl (C=O) groups is 4. The van der Waals surface area contributed by atoms with Crippen LogP contribution in [0.2, 0.25) is 0 Å². The van der Waals surface area contributed by atoms with Crippen LogP contribution in [0.1, 0.15) is 69.1 Å². The van der Waals surface area contributed by atoms with Crippen molar-refractivity contribution < 1.29 is 33.8 Å². The van der Waals surface area contributed by atoms with Crippen LogP contribution in [0.4, 0.5) is 0 Å². The van der Waals surface area contributed by atoms with Crippen LogP contribution >= 0.6 is 0 Å². The zero-order chi connectivity index (χ0) is 35.7. The lowest BCUT2D eigenvalue weighted by Gasteiger charge is -2.42. The lowest BCUT2D eigenvalue weighted by molar-refractivity contribution is -0.164. The van der Waals surface area contributed by atoms with Crippen molar-refractivity contribution in [2.75, 3.05) is 20.2 Å². The van der Waals surface area contributed by atoms with Crippen molar-refractivity contribution >= 4 is 23.7 Å². The van der Waals surface area contributed by atoms with Crippen LogP contribution in [-0.2, 0) is 35.1 Å². The highest BCUT2D eigenvalue weighted by molar-refractivity contribution is 5.99. The second-order valence-electron chi connectivity index (χ2n) is 14.8. The summed E-state index contributed by atoms with van der Waals surface area (Å²) in [6.45, 7) is 1.81. The number of rotatable bonds is 6. The van der Waals surface area contributed by atoms with Gasteiger partial charge in [0.25, 0.3) is 0 Å². The van der Waals surface area contributed by atoms with Crippen LogP contribution in [0.5, 0.6) is 0 Å². The summed E-state index contributed by atoms with van der Waals surface area (Å²) in [6.07, 6.45) is 11.8. The number of amides is 3. The van der Waals surface area contributed by atoms with Gasteiger partial charge in [-0.2, -0.15) is 0 Å². The van der Waals surface area contributed by atoms with E-state index in [1.165, 1.54) is 0 Å². The summed E-state index contributed by atoms with van der Waals surface area (Å²) < 4.78 is 13.1. The number of aliphatic hydroxyl groups is 1. The van der Waals surface area contributed by atoms with E-state index in [0.29, 0.717) is 19.4 Å². The van der Waals surface area contributed by atoms with E-state index >= 15 is 4.79 Å². The minimum Gasteiger partial charge on any atom is -0.455 e. The van der Waals surface area contributed by atoms with Crippen LogP contribution in [0.15, 0.2) is 85.0 Å². The number of carbonyl (C=O) groups excluding carboxylic acids is 4. The van der Waals surface area contributed by atoms with Gasteiger partial charge in [0, 0.05) is 26.1 Å². The smallest absolute Gasteiger partial charge is 0.313 e. The summed E-state index contributed by atoms with van der Waals surface area (Å²) in [5.41, 5.74) is 0.239. The number of likely N-dealkylation sites (tertiary alicyclic amines) is 1. The third kappa shape index (κ3) is 6.41. The van der Waals surface area contributed by atoms with Gasteiger partial charge in [-0.3, -0.25) is 19.2 Å². The van der Waals surface area contributed by atoms with Gasteiger partial charge in [-0.05, 0) is 43.7 Å². The van der Waals surface area contributed by atoms with Gasteiger partial charge in [-0.15, -0.1) is 0 Å². The first-order valence-corrected chi connectivity index (χ1v) is 18.6. The van der Waals surface area contributed by atoms with Crippen LogP contribution in [0, 0.1) is 11.8 Å². The first kappa shape index (κ1) is 35.1. The molecule has 2 aromatic rings. The Morgan fingerprint density at radius 2 is 1.63 bits per heavy atom. The molecular weight excluding hydrogens is 646 g/mol. The number of fused-ring (bicyclic) bond motifs is 2. The first-order valence-electron chi connectivity index (χ1n) is 18.6. The number of aliphatic hydroxyl groups excluding tert-OH is 1. The number of allylic oxidation sites excluding steroid dienone is 1. The normalized spacial score (nSPS) is 33.0. The summed E-state index contributed by atoms with van der Waals surface area (Å²) >= 11 is 0. The SMILES string of the molecule is C[C@H]1[C@H](c2ccccc2)OC(=O)[C@@H]2[C@H]3C(=O)N([C@@H](CO)Cc4ccccc4)[C@H](C(=O)N(C4CCCCC4)C/C=C\CCC(=O)N1C)[C@]31C=C[C@H]2O1. The monoisotopic (exact) mass is 695 g/mol. The van der Waals surface area contributed by atoms with Gasteiger partial charge < -0.3 is 29.3 Å². The molecule has 8 atom stereocenters. The Kier molecular flexibility index (Phi) is 10.2. The fraction of sp³-hybridized carbons (Fsp3) is 0.512. The molecule has 3 fully saturated rings. The summed E-state index contributed by atoms with van der Waals surface area (Å²) in [5.74, 6) is -3.38. The molecule has 5 bridgehead atoms. The Balaban J connectivity index is 1.33. The quantitative estimate of drug-likeness (QED) is 0.352. The number of hydrogen-bond donors (Lipinski definition) is 1. The maximum absolute atomic E-state index is 15.2. The number of cyclic esters (lactones) is 1. The largest absolute Gasteiger partial charge is 0.455 e. The van der Waals surface area contributed by atoms with E-state index in [1.54, 1.807) is 22.9 Å². The standard InChI is InChI=1S/C41H49N3O7/c1-27-36(29-17-9-4-10-18-29)50-40(49)34-32-22-23-41(51-32)35(34)38(47)44(31(26-45)25-28-15-7-3-8-16-28)37(41)39(48)43(30-19-11-5-12-20-30)24-14-6-13-21-33(46)42(27)2/h3-4,6-10,14-18,22-23,27,30-32,34-37,45H,5,11-13,19-21,24-26H2,1-2H3/b14-6-/t27-,31+,32+,34-,35-,36+,37+,41-/m0/s1. The van der Waals surface area contributed by atoms with Crippen LogP contribution in [0.25, 0.3) is 0 Å². The molecule has 2 aromatic carbocycles. The molecule has 10 nitrogen and oxygen atoms in total. The molecule has 0 radical (unpaired) electrons. The topological polar surface area (TPSA) is 117 Å². The Hall–Kier alpha value is -4.28. The van der Waals surface area contributed by atoms with E-state index < -0.39 is 59.6 Å². The van der Waals surface area contributed by atoms with Gasteiger partial charge in [0.2, 0.25) is 17.7 Å². The molecule has 7 rings (SSSR count). The van der Waals surface area contributed by atoms with Crippen molar-refractivity contribution in [3.63, 3.8) is 0 Å². The van der Waals surface area contributed by atoms with Gasteiger partial charge in [-0.25, -0.2) is 0 Å². The van der Waals surface area contributed by atoms with Gasteiger partial charge in [0.15, 0.2) is 0 Å². The Morgan fingerprint density at radius 1 is 0.922 bits per heavy atom. The lowest BCUT2D eigenvalue weighted by atomic mass is 9.74. The number of nitrogens with zero attached hydrogens (tertiary/aromatic N) is 3. The molecule has 4 aliphatic heterocycles. The zero-order valence-corrected chi connectivity index (χ0v) is 29.5. The fourth-order valence-corrected chi connectivity index (χ4v) is 9.07. The summed E-state index contributed by atoms with van der Waals surface area (Å²) in [5, 5.41) is 10.9. The average molecular weight is 696 g/mol. The predicted molar refractivity (Wildman–Crippen MR) is 190 cm³/mol. The minimum absolute atomic E-state index is 0.0318. The summed E-state index contributed by atoms with van der Waals surface area (Å²) in [6, 6.07) is 16.6. The molecule has 4 heterocycles. The van der Waals surface area contributed by atoms with Gasteiger partial charge >= 0.3 is 5.97 Å². The molecule has 1 spiro atoms. The number of ether oxygens (including phenoxy) is 2. The highest BCUT2D eigenvalue weighted by Gasteiger charge is 2.74. The summed E-state index contributed by atoms with van der Waals surface area (Å²) in [7, 11) is 1.72. The number of benzene rings is 2. The zero-order valence-electron chi connectivity index (χ0n) is 29.5. The van der Waals surface area contributed by atoms with Crippen LogP contribution < -0.4 is 0 Å². The van der Waals surface area contributed by atoms with E-state index in [4.69, 9.17) is 9.47 Å². The maximum atomic E-state index is 15.2. The van der Waals surface area contributed by atoms with Gasteiger partial charge in [0.05, 0.1) is 30.7 Å². The van der Waals surface area contributed by atoms with Crippen molar-refractivity contribution in [2.24, 2.45) is 11.8 Å². The molecule has 1 saturated carbocycles. The Labute approximate surface area is 300 Å². The minimum atomic E-state index is -1.40. The third-order valence-electron chi connectivity index (χ3n) is 11.8. The Morgan fingerprint density at radius 3 is 2.33 bits per heavy atom. The molecule has 10 heteroatoms. The first-order chi connectivity index (χ1) is 24.7. The molecule has 0 unspecified atom stereocenters. The van der Waals surface area contributed by atoms with E-state index in [0.717, 1.165) is 43.2 Å². The molecule has 1 N–H and O–H groups in total. The van der Waals surface area contributed by atoms with E-state index in [2.05, 4.69) is 0 Å². The Bertz CT molecular complexity index is 1660. The molecule has 1 aliphatic carbocycles. The molecule has 5 aliphatic rings. The van der Waals surface area contributed by atoms with Crippen LogP contribution in [-0.4, -0.2) is 99.6 Å². The lowest BCUT2D eigenvalue weighted by Crippen LogP contribution is -2.60. The van der Waals surface area contributed by atoms with E-state index in [1.807, 2.05) is 90.7 Å². The maximum Gasteiger partial charge on any atom is 0.313 e. The molecule has 51 heavy (non-hydrogen) atoms. The van der Waals surface area contributed by atoms with Crippen molar-refractivity contribution in [1.29, 1.82) is 0 Å². The molecule has 3 amide bonds. The summed E-state index contributed by atoms with van der Waals surface area (Å²) in [4.78, 5) is 63.2. The molecule has 0 aromatic heterocycles. The van der Waals surface area contributed by atoms with Crippen molar-refractivity contribution in [3.05, 3.63) is 96.1 Å². The second-order valence-corrected chi connectivity index (χ2v) is 14.8. The van der Waals surface area contributed by atoms with E-state index in [9.17, 15) is 19.5 Å². The van der Waals surface area contributed by atoms with Crippen LogP contribution in [0.3, 0.4) is 0 Å². The highest BCUT2D eigenvalue weighted by Crippen LogP contribution is 2.56.